The Morgan fingerprint density at radius 1 is 1.13 bits per heavy atom. The molecule has 0 heterocycles. The maximum atomic E-state index is 12.6. The van der Waals surface area contributed by atoms with Gasteiger partial charge in [-0.05, 0) is 18.6 Å². The van der Waals surface area contributed by atoms with Crippen molar-refractivity contribution in [2.45, 2.75) is 43.7 Å². The van der Waals surface area contributed by atoms with Gasteiger partial charge in [0, 0.05) is 15.8 Å². The summed E-state index contributed by atoms with van der Waals surface area (Å²) in [5.74, 6) is 0. The van der Waals surface area contributed by atoms with Gasteiger partial charge in [0.2, 0.25) is 10.0 Å². The minimum absolute atomic E-state index is 0. The molecule has 4 nitrogen and oxygen atoms in total. The highest BCUT2D eigenvalue weighted by molar-refractivity contribution is 7.89. The summed E-state index contributed by atoms with van der Waals surface area (Å²) >= 11 is 6.13. The number of benzene rings is 2. The van der Waals surface area contributed by atoms with Crippen molar-refractivity contribution in [3.63, 3.8) is 0 Å². The maximum absolute atomic E-state index is 12.6. The fourth-order valence-corrected chi connectivity index (χ4v) is 4.02. The molecular formula is C16H22Cl2N2O2S. The van der Waals surface area contributed by atoms with Crippen LogP contribution in [0.5, 0.6) is 0 Å². The Morgan fingerprint density at radius 2 is 1.78 bits per heavy atom. The van der Waals surface area contributed by atoms with Gasteiger partial charge in [0.05, 0.1) is 11.1 Å². The van der Waals surface area contributed by atoms with Gasteiger partial charge in [0.25, 0.3) is 0 Å². The zero-order valence-corrected chi connectivity index (χ0v) is 15.3. The molecule has 0 radical (unpaired) electrons. The lowest BCUT2D eigenvalue weighted by atomic mass is 10.1. The van der Waals surface area contributed by atoms with Gasteiger partial charge in [-0.1, -0.05) is 62.1 Å². The van der Waals surface area contributed by atoms with Crippen LogP contribution in [0.25, 0.3) is 10.8 Å². The summed E-state index contributed by atoms with van der Waals surface area (Å²) in [7, 11) is -3.67. The van der Waals surface area contributed by atoms with Gasteiger partial charge in [-0.25, -0.2) is 8.42 Å². The molecule has 128 valence electrons. The third-order valence-corrected chi connectivity index (χ3v) is 5.42. The van der Waals surface area contributed by atoms with Crippen molar-refractivity contribution in [2.75, 3.05) is 0 Å². The van der Waals surface area contributed by atoms with Gasteiger partial charge in [0.1, 0.15) is 0 Å². The first-order valence-electron chi connectivity index (χ1n) is 7.41. The predicted molar refractivity (Wildman–Crippen MR) is 98.6 cm³/mol. The Labute approximate surface area is 148 Å². The molecule has 1 unspecified atom stereocenters. The van der Waals surface area contributed by atoms with Crippen molar-refractivity contribution >= 4 is 44.8 Å². The van der Waals surface area contributed by atoms with Crippen LogP contribution in [0.3, 0.4) is 0 Å². The Hall–Kier alpha value is -0.850. The zero-order chi connectivity index (χ0) is 16.2. The molecule has 0 saturated heterocycles. The van der Waals surface area contributed by atoms with E-state index in [0.29, 0.717) is 22.2 Å². The van der Waals surface area contributed by atoms with E-state index >= 15 is 0 Å². The van der Waals surface area contributed by atoms with E-state index in [4.69, 9.17) is 17.3 Å². The van der Waals surface area contributed by atoms with E-state index in [1.54, 1.807) is 36.4 Å². The first kappa shape index (κ1) is 20.2. The first-order chi connectivity index (χ1) is 10.5. The van der Waals surface area contributed by atoms with Crippen molar-refractivity contribution in [3.05, 3.63) is 41.4 Å². The molecule has 0 aromatic heterocycles. The lowest BCUT2D eigenvalue weighted by molar-refractivity contribution is 0.515. The number of sulfonamides is 1. The monoisotopic (exact) mass is 376 g/mol. The van der Waals surface area contributed by atoms with Crippen LogP contribution >= 0.6 is 24.0 Å². The van der Waals surface area contributed by atoms with Gasteiger partial charge < -0.3 is 5.73 Å². The largest absolute Gasteiger partial charge is 0.315 e. The minimum atomic E-state index is -3.67. The molecule has 1 atom stereocenters. The van der Waals surface area contributed by atoms with Crippen molar-refractivity contribution in [3.8, 4) is 0 Å². The third-order valence-electron chi connectivity index (χ3n) is 3.54. The molecule has 2 rings (SSSR count). The van der Waals surface area contributed by atoms with Crippen LogP contribution < -0.4 is 10.5 Å². The Bertz CT molecular complexity index is 751. The van der Waals surface area contributed by atoms with E-state index in [0.717, 1.165) is 19.3 Å². The molecule has 0 fully saturated rings. The molecule has 0 saturated carbocycles. The lowest BCUT2D eigenvalue weighted by Gasteiger charge is -2.15. The normalized spacial score (nSPS) is 12.8. The summed E-state index contributed by atoms with van der Waals surface area (Å²) in [4.78, 5) is 0.207. The highest BCUT2D eigenvalue weighted by Crippen LogP contribution is 2.28. The smallest absolute Gasteiger partial charge is 0.242 e. The highest BCUT2D eigenvalue weighted by Gasteiger charge is 2.20. The summed E-state index contributed by atoms with van der Waals surface area (Å²) in [5, 5.41) is 1.84. The number of fused-ring (bicyclic) bond motifs is 1. The second-order valence-corrected chi connectivity index (χ2v) is 7.40. The van der Waals surface area contributed by atoms with Crippen molar-refractivity contribution in [1.82, 2.24) is 4.72 Å². The average molecular weight is 377 g/mol. The molecule has 23 heavy (non-hydrogen) atoms. The SMILES string of the molecule is CCCCCC(N)NS(=O)(=O)c1cccc2c(Cl)cccc12.Cl. The molecule has 2 aromatic rings. The molecular weight excluding hydrogens is 355 g/mol. The topological polar surface area (TPSA) is 72.2 Å². The van der Waals surface area contributed by atoms with E-state index in [9.17, 15) is 8.42 Å². The van der Waals surface area contributed by atoms with Crippen molar-refractivity contribution in [1.29, 1.82) is 0 Å². The van der Waals surface area contributed by atoms with Crippen molar-refractivity contribution in [2.24, 2.45) is 5.73 Å². The molecule has 0 bridgehead atoms. The van der Waals surface area contributed by atoms with Crippen LogP contribution in [0.15, 0.2) is 41.3 Å². The van der Waals surface area contributed by atoms with Gasteiger partial charge in [-0.15, -0.1) is 12.4 Å². The van der Waals surface area contributed by atoms with Gasteiger partial charge >= 0.3 is 0 Å². The Morgan fingerprint density at radius 3 is 2.48 bits per heavy atom. The second kappa shape index (κ2) is 8.85. The maximum Gasteiger partial charge on any atom is 0.242 e. The van der Waals surface area contributed by atoms with E-state index in [1.165, 1.54) is 0 Å². The van der Waals surface area contributed by atoms with Crippen LogP contribution in [0.1, 0.15) is 32.6 Å². The number of nitrogens with one attached hydrogen (secondary N) is 1. The fourth-order valence-electron chi connectivity index (χ4n) is 2.41. The van der Waals surface area contributed by atoms with Gasteiger partial charge in [-0.2, -0.15) is 4.72 Å². The molecule has 0 spiro atoms. The first-order valence-corrected chi connectivity index (χ1v) is 9.27. The number of hydrogen-bond donors (Lipinski definition) is 2. The van der Waals surface area contributed by atoms with Crippen LogP contribution in [-0.2, 0) is 10.0 Å². The van der Waals surface area contributed by atoms with E-state index < -0.39 is 16.2 Å². The molecule has 7 heteroatoms. The Balaban J connectivity index is 0.00000264. The summed E-state index contributed by atoms with van der Waals surface area (Å²) in [5.41, 5.74) is 5.90. The minimum Gasteiger partial charge on any atom is -0.315 e. The van der Waals surface area contributed by atoms with E-state index in [2.05, 4.69) is 11.6 Å². The molecule has 0 aliphatic heterocycles. The molecule has 0 amide bonds. The number of halogens is 2. The summed E-state index contributed by atoms with van der Waals surface area (Å²) in [6.07, 6.45) is 3.06. The third kappa shape index (κ3) is 5.06. The summed E-state index contributed by atoms with van der Waals surface area (Å²) in [6.45, 7) is 2.09. The van der Waals surface area contributed by atoms with E-state index in [1.807, 2.05) is 0 Å². The quantitative estimate of drug-likeness (QED) is 0.565. The van der Waals surface area contributed by atoms with Gasteiger partial charge in [0.15, 0.2) is 0 Å². The number of unbranched alkanes of at least 4 members (excludes halogenated alkanes) is 2. The predicted octanol–water partition coefficient (Wildman–Crippen LogP) is 4.06. The van der Waals surface area contributed by atoms with E-state index in [-0.39, 0.29) is 17.3 Å². The van der Waals surface area contributed by atoms with Crippen LogP contribution in [0.2, 0.25) is 5.02 Å². The molecule has 3 N–H and O–H groups in total. The molecule has 2 aromatic carbocycles. The molecule has 0 aliphatic rings. The number of rotatable bonds is 7. The lowest BCUT2D eigenvalue weighted by Crippen LogP contribution is -2.41. The summed E-state index contributed by atoms with van der Waals surface area (Å²) < 4.78 is 27.7. The fraction of sp³-hybridized carbons (Fsp3) is 0.375. The van der Waals surface area contributed by atoms with Gasteiger partial charge in [-0.3, -0.25) is 0 Å². The molecule has 0 aliphatic carbocycles. The zero-order valence-electron chi connectivity index (χ0n) is 13.0. The standard InChI is InChI=1S/C16H21ClN2O2S.ClH/c1-2-3-4-11-16(18)19-22(20,21)15-10-6-7-12-13(15)8-5-9-14(12)17;/h5-10,16,19H,2-4,11,18H2,1H3;1H. The van der Waals surface area contributed by atoms with Crippen molar-refractivity contribution < 1.29 is 8.42 Å². The highest BCUT2D eigenvalue weighted by atomic mass is 35.5. The van der Waals surface area contributed by atoms with Crippen LogP contribution in [0.4, 0.5) is 0 Å². The number of hydrogen-bond acceptors (Lipinski definition) is 3. The Kier molecular flexibility index (Phi) is 7.77. The average Bonchev–Trinajstić information content (AvgIpc) is 2.47. The number of nitrogens with two attached hydrogens (primary N) is 1. The van der Waals surface area contributed by atoms with Crippen LogP contribution in [0, 0.1) is 0 Å². The second-order valence-electron chi connectivity index (χ2n) is 5.31. The summed E-state index contributed by atoms with van der Waals surface area (Å²) in [6, 6.07) is 10.3. The van der Waals surface area contributed by atoms with Crippen LogP contribution in [-0.4, -0.2) is 14.6 Å².